The van der Waals surface area contributed by atoms with Gasteiger partial charge >= 0.3 is 0 Å². The van der Waals surface area contributed by atoms with Gasteiger partial charge in [-0.1, -0.05) is 71.1 Å². The van der Waals surface area contributed by atoms with Crippen molar-refractivity contribution < 1.29 is 9.52 Å². The highest BCUT2D eigenvalue weighted by molar-refractivity contribution is 5.01. The average molecular weight is 266 g/mol. The molecule has 0 aliphatic heterocycles. The van der Waals surface area contributed by atoms with Crippen LogP contribution in [0.3, 0.4) is 0 Å². The maximum atomic E-state index is 9.84. The smallest absolute Gasteiger partial charge is 0.132 e. The van der Waals surface area contributed by atoms with Gasteiger partial charge in [-0.05, 0) is 18.6 Å². The van der Waals surface area contributed by atoms with Crippen LogP contribution in [0.4, 0.5) is 0 Å². The maximum absolute atomic E-state index is 9.84. The van der Waals surface area contributed by atoms with Crippen LogP contribution in [0.15, 0.2) is 22.8 Å². The molecule has 1 rings (SSSR count). The van der Waals surface area contributed by atoms with Gasteiger partial charge in [0.25, 0.3) is 0 Å². The standard InChI is InChI=1S/C17H30O2/c1-2-3-4-5-6-7-8-9-10-11-13-16(18)17-14-12-15-19-17/h12,14-16,18H,2-11,13H2,1H3/t16-/m1/s1. The first-order valence-corrected chi connectivity index (χ1v) is 8.06. The second kappa shape index (κ2) is 11.1. The average Bonchev–Trinajstić information content (AvgIpc) is 2.95. The zero-order chi connectivity index (χ0) is 13.8. The van der Waals surface area contributed by atoms with Crippen molar-refractivity contribution in [1.82, 2.24) is 0 Å². The lowest BCUT2D eigenvalue weighted by Gasteiger charge is -2.07. The number of aliphatic hydroxyl groups is 1. The molecular formula is C17H30O2. The van der Waals surface area contributed by atoms with Gasteiger partial charge < -0.3 is 9.52 Å². The number of hydrogen-bond acceptors (Lipinski definition) is 2. The van der Waals surface area contributed by atoms with Gasteiger partial charge in [0, 0.05) is 0 Å². The van der Waals surface area contributed by atoms with Gasteiger partial charge in [0.2, 0.25) is 0 Å². The fourth-order valence-corrected chi connectivity index (χ4v) is 2.45. The molecule has 0 aliphatic rings. The summed E-state index contributed by atoms with van der Waals surface area (Å²) >= 11 is 0. The zero-order valence-electron chi connectivity index (χ0n) is 12.4. The van der Waals surface area contributed by atoms with E-state index in [1.54, 1.807) is 6.26 Å². The Labute approximate surface area is 118 Å². The molecule has 1 atom stereocenters. The summed E-state index contributed by atoms with van der Waals surface area (Å²) in [4.78, 5) is 0. The molecule has 1 heterocycles. The summed E-state index contributed by atoms with van der Waals surface area (Å²) in [5, 5.41) is 9.84. The molecule has 1 N–H and O–H groups in total. The van der Waals surface area contributed by atoms with E-state index >= 15 is 0 Å². The van der Waals surface area contributed by atoms with Gasteiger partial charge in [-0.2, -0.15) is 0 Å². The highest BCUT2D eigenvalue weighted by atomic mass is 16.4. The van der Waals surface area contributed by atoms with Gasteiger partial charge in [-0.15, -0.1) is 0 Å². The summed E-state index contributed by atoms with van der Waals surface area (Å²) in [6, 6.07) is 3.68. The molecule has 110 valence electrons. The van der Waals surface area contributed by atoms with Crippen LogP contribution in [0.1, 0.15) is 89.4 Å². The highest BCUT2D eigenvalue weighted by Gasteiger charge is 2.08. The molecule has 0 radical (unpaired) electrons. The van der Waals surface area contributed by atoms with Crippen LogP contribution in [-0.2, 0) is 0 Å². The third-order valence-electron chi connectivity index (χ3n) is 3.70. The first kappa shape index (κ1) is 16.3. The molecule has 0 bridgehead atoms. The Hall–Kier alpha value is -0.760. The van der Waals surface area contributed by atoms with Crippen molar-refractivity contribution in [3.05, 3.63) is 24.2 Å². The minimum atomic E-state index is -0.413. The van der Waals surface area contributed by atoms with Crippen LogP contribution >= 0.6 is 0 Å². The maximum Gasteiger partial charge on any atom is 0.132 e. The Balaban J connectivity index is 1.83. The minimum Gasteiger partial charge on any atom is -0.467 e. The van der Waals surface area contributed by atoms with E-state index in [1.807, 2.05) is 12.1 Å². The highest BCUT2D eigenvalue weighted by Crippen LogP contribution is 2.20. The second-order valence-corrected chi connectivity index (χ2v) is 5.50. The Morgan fingerprint density at radius 1 is 0.947 bits per heavy atom. The number of furan rings is 1. The predicted octanol–water partition coefficient (Wildman–Crippen LogP) is 5.62. The summed E-state index contributed by atoms with van der Waals surface area (Å²) in [5.74, 6) is 0.705. The monoisotopic (exact) mass is 266 g/mol. The van der Waals surface area contributed by atoms with Crippen molar-refractivity contribution in [2.75, 3.05) is 0 Å². The second-order valence-electron chi connectivity index (χ2n) is 5.50. The van der Waals surface area contributed by atoms with Crippen LogP contribution in [0, 0.1) is 0 Å². The lowest BCUT2D eigenvalue weighted by atomic mass is 10.0. The first-order chi connectivity index (χ1) is 9.34. The van der Waals surface area contributed by atoms with Crippen molar-refractivity contribution in [2.24, 2.45) is 0 Å². The number of hydrogen-bond donors (Lipinski definition) is 1. The van der Waals surface area contributed by atoms with Crippen molar-refractivity contribution in [3.8, 4) is 0 Å². The first-order valence-electron chi connectivity index (χ1n) is 8.06. The Morgan fingerprint density at radius 2 is 1.53 bits per heavy atom. The Kier molecular flexibility index (Phi) is 9.52. The van der Waals surface area contributed by atoms with Gasteiger partial charge in [0.15, 0.2) is 0 Å². The summed E-state index contributed by atoms with van der Waals surface area (Å²) < 4.78 is 5.19. The largest absolute Gasteiger partial charge is 0.467 e. The number of rotatable bonds is 12. The van der Waals surface area contributed by atoms with E-state index in [-0.39, 0.29) is 0 Å². The quantitative estimate of drug-likeness (QED) is 0.498. The molecule has 2 heteroatoms. The zero-order valence-corrected chi connectivity index (χ0v) is 12.4. The summed E-state index contributed by atoms with van der Waals surface area (Å²) in [6.45, 7) is 2.26. The van der Waals surface area contributed by atoms with Gasteiger partial charge in [-0.25, -0.2) is 0 Å². The van der Waals surface area contributed by atoms with E-state index in [0.29, 0.717) is 5.76 Å². The molecule has 1 aromatic rings. The molecule has 0 fully saturated rings. The van der Waals surface area contributed by atoms with Gasteiger partial charge in [0.1, 0.15) is 11.9 Å². The van der Waals surface area contributed by atoms with Crippen LogP contribution in [0.5, 0.6) is 0 Å². The SMILES string of the molecule is CCCCCCCCCCCC[C@@H](O)c1ccco1. The summed E-state index contributed by atoms with van der Waals surface area (Å²) in [7, 11) is 0. The van der Waals surface area contributed by atoms with Crippen molar-refractivity contribution >= 4 is 0 Å². The van der Waals surface area contributed by atoms with E-state index in [1.165, 1.54) is 57.8 Å². The third-order valence-corrected chi connectivity index (χ3v) is 3.70. The molecule has 2 nitrogen and oxygen atoms in total. The molecule has 0 aromatic carbocycles. The van der Waals surface area contributed by atoms with E-state index in [2.05, 4.69) is 6.92 Å². The topological polar surface area (TPSA) is 33.4 Å². The van der Waals surface area contributed by atoms with Crippen molar-refractivity contribution in [2.45, 2.75) is 83.7 Å². The Bertz CT molecular complexity index is 279. The van der Waals surface area contributed by atoms with Gasteiger partial charge in [-0.3, -0.25) is 0 Å². The third kappa shape index (κ3) is 8.10. The van der Waals surface area contributed by atoms with E-state index in [0.717, 1.165) is 12.8 Å². The lowest BCUT2D eigenvalue weighted by Crippen LogP contribution is -1.95. The molecule has 0 aliphatic carbocycles. The number of aliphatic hydroxyl groups excluding tert-OH is 1. The minimum absolute atomic E-state index is 0.413. The van der Waals surface area contributed by atoms with Crippen molar-refractivity contribution in [1.29, 1.82) is 0 Å². The van der Waals surface area contributed by atoms with E-state index in [4.69, 9.17) is 4.42 Å². The van der Waals surface area contributed by atoms with Gasteiger partial charge in [0.05, 0.1) is 6.26 Å². The van der Waals surface area contributed by atoms with Crippen LogP contribution in [0.2, 0.25) is 0 Å². The molecule has 19 heavy (non-hydrogen) atoms. The lowest BCUT2D eigenvalue weighted by molar-refractivity contribution is 0.136. The fraction of sp³-hybridized carbons (Fsp3) is 0.765. The molecule has 0 unspecified atom stereocenters. The van der Waals surface area contributed by atoms with E-state index < -0.39 is 6.10 Å². The normalized spacial score (nSPS) is 12.7. The summed E-state index contributed by atoms with van der Waals surface area (Å²) in [6.07, 6.45) is 15.3. The van der Waals surface area contributed by atoms with E-state index in [9.17, 15) is 5.11 Å². The predicted molar refractivity (Wildman–Crippen MR) is 80.1 cm³/mol. The molecular weight excluding hydrogens is 236 g/mol. The summed E-state index contributed by atoms with van der Waals surface area (Å²) in [5.41, 5.74) is 0. The molecule has 0 amide bonds. The number of unbranched alkanes of at least 4 members (excludes halogenated alkanes) is 9. The molecule has 0 saturated heterocycles. The molecule has 0 saturated carbocycles. The van der Waals surface area contributed by atoms with Crippen LogP contribution in [0.25, 0.3) is 0 Å². The molecule has 0 spiro atoms. The fourth-order valence-electron chi connectivity index (χ4n) is 2.45. The van der Waals surface area contributed by atoms with Crippen LogP contribution in [-0.4, -0.2) is 5.11 Å². The van der Waals surface area contributed by atoms with Crippen LogP contribution < -0.4 is 0 Å². The molecule has 1 aromatic heterocycles. The Morgan fingerprint density at radius 3 is 2.05 bits per heavy atom. The van der Waals surface area contributed by atoms with Crippen molar-refractivity contribution in [3.63, 3.8) is 0 Å².